The zero-order valence-corrected chi connectivity index (χ0v) is 18.6. The highest BCUT2D eigenvalue weighted by atomic mass is 16.3. The lowest BCUT2D eigenvalue weighted by atomic mass is 9.95. The maximum absolute atomic E-state index is 10.8. The lowest BCUT2D eigenvalue weighted by Gasteiger charge is -2.11. The van der Waals surface area contributed by atoms with E-state index in [9.17, 15) is 10.4 Å². The Morgan fingerprint density at radius 3 is 2.11 bits per heavy atom. The number of aromatic nitrogens is 2. The van der Waals surface area contributed by atoms with Crippen LogP contribution in [0.2, 0.25) is 0 Å². The van der Waals surface area contributed by atoms with Crippen molar-refractivity contribution in [3.8, 4) is 39.9 Å². The average Bonchev–Trinajstić information content (AvgIpc) is 3.35. The van der Waals surface area contributed by atoms with Gasteiger partial charge in [0.25, 0.3) is 0 Å². The Morgan fingerprint density at radius 1 is 0.829 bits per heavy atom. The molecule has 1 heterocycles. The number of hydrogen-bond donors (Lipinski definition) is 2. The number of anilines is 1. The number of rotatable bonds is 5. The van der Waals surface area contributed by atoms with Crippen LogP contribution in [0.3, 0.4) is 0 Å². The first-order valence-corrected chi connectivity index (χ1v) is 10.9. The van der Waals surface area contributed by atoms with Gasteiger partial charge in [0, 0.05) is 22.9 Å². The molecule has 0 fully saturated rings. The predicted octanol–water partition coefficient (Wildman–Crippen LogP) is 6.78. The van der Waals surface area contributed by atoms with Gasteiger partial charge in [-0.3, -0.25) is 0 Å². The van der Waals surface area contributed by atoms with Crippen LogP contribution >= 0.6 is 0 Å². The van der Waals surface area contributed by atoms with E-state index in [-0.39, 0.29) is 22.7 Å². The van der Waals surface area contributed by atoms with Gasteiger partial charge in [0.05, 0.1) is 22.6 Å². The summed E-state index contributed by atoms with van der Waals surface area (Å²) in [6.07, 6.45) is 1.83. The average molecular weight is 457 g/mol. The van der Waals surface area contributed by atoms with Crippen LogP contribution in [0.5, 0.6) is 5.75 Å². The van der Waals surface area contributed by atoms with Gasteiger partial charge >= 0.3 is 0 Å². The molecule has 0 unspecified atom stereocenters. The number of nitrogen functional groups attached to an aromatic ring is 1. The van der Waals surface area contributed by atoms with Crippen molar-refractivity contribution in [1.82, 2.24) is 9.78 Å². The Bertz CT molecular complexity index is 1550. The molecule has 7 heteroatoms. The number of azo groups is 1. The number of benzene rings is 4. The zero-order valence-electron chi connectivity index (χ0n) is 18.6. The van der Waals surface area contributed by atoms with Crippen LogP contribution in [0.1, 0.15) is 5.56 Å². The van der Waals surface area contributed by atoms with Crippen molar-refractivity contribution < 1.29 is 5.11 Å². The first kappa shape index (κ1) is 21.6. The van der Waals surface area contributed by atoms with Crippen LogP contribution in [0, 0.1) is 11.3 Å². The first-order chi connectivity index (χ1) is 17.2. The van der Waals surface area contributed by atoms with Gasteiger partial charge in [-0.1, -0.05) is 66.7 Å². The van der Waals surface area contributed by atoms with Gasteiger partial charge in [-0.25, -0.2) is 4.68 Å². The molecule has 3 N–H and O–H groups in total. The number of hydrogen-bond acceptors (Lipinski definition) is 6. The molecule has 0 aliphatic rings. The molecule has 1 aromatic heterocycles. The van der Waals surface area contributed by atoms with Crippen molar-refractivity contribution >= 4 is 17.1 Å². The molecule has 4 aromatic carbocycles. The molecule has 0 aliphatic carbocycles. The fraction of sp³-hybridized carbons (Fsp3) is 0. The smallest absolute Gasteiger partial charge is 0.152 e. The summed E-state index contributed by atoms with van der Waals surface area (Å²) in [5.74, 6) is -0.178. The lowest BCUT2D eigenvalue weighted by Crippen LogP contribution is -1.95. The van der Waals surface area contributed by atoms with Gasteiger partial charge in [0.2, 0.25) is 0 Å². The van der Waals surface area contributed by atoms with Crippen molar-refractivity contribution in [3.05, 3.63) is 109 Å². The normalized spacial score (nSPS) is 10.9. The second kappa shape index (κ2) is 9.33. The second-order valence-electron chi connectivity index (χ2n) is 7.77. The maximum Gasteiger partial charge on any atom is 0.152 e. The predicted molar refractivity (Wildman–Crippen MR) is 136 cm³/mol. The minimum Gasteiger partial charge on any atom is -0.506 e. The fourth-order valence-corrected chi connectivity index (χ4v) is 3.81. The molecule has 7 nitrogen and oxygen atoms in total. The van der Waals surface area contributed by atoms with Gasteiger partial charge in [0.15, 0.2) is 5.69 Å². The number of aromatic hydroxyl groups is 1. The van der Waals surface area contributed by atoms with Gasteiger partial charge in [0.1, 0.15) is 17.5 Å². The molecule has 168 valence electrons. The van der Waals surface area contributed by atoms with E-state index in [0.29, 0.717) is 22.5 Å². The summed E-state index contributed by atoms with van der Waals surface area (Å²) in [5, 5.41) is 34.0. The van der Waals surface area contributed by atoms with Gasteiger partial charge < -0.3 is 10.8 Å². The number of para-hydroxylation sites is 1. The fourth-order valence-electron chi connectivity index (χ4n) is 3.81. The number of nitriles is 1. The van der Waals surface area contributed by atoms with Crippen molar-refractivity contribution in [2.45, 2.75) is 0 Å². The van der Waals surface area contributed by atoms with Crippen LogP contribution < -0.4 is 5.73 Å². The van der Waals surface area contributed by atoms with Crippen molar-refractivity contribution in [2.24, 2.45) is 10.2 Å². The number of nitrogens with zero attached hydrogens (tertiary/aromatic N) is 5. The molecule has 5 aromatic rings. The Hall–Kier alpha value is -5.22. The summed E-state index contributed by atoms with van der Waals surface area (Å²) in [6, 6.07) is 32.1. The van der Waals surface area contributed by atoms with Crippen LogP contribution in [0.15, 0.2) is 113 Å². The van der Waals surface area contributed by atoms with Gasteiger partial charge in [-0.05, 0) is 30.3 Å². The Kier molecular flexibility index (Phi) is 5.76. The topological polar surface area (TPSA) is 113 Å². The first-order valence-electron chi connectivity index (χ1n) is 10.9. The molecule has 0 saturated heterocycles. The summed E-state index contributed by atoms with van der Waals surface area (Å²) < 4.78 is 1.75. The molecular weight excluding hydrogens is 436 g/mol. The van der Waals surface area contributed by atoms with Gasteiger partial charge in [-0.2, -0.15) is 15.5 Å². The molecule has 0 aliphatic heterocycles. The lowest BCUT2D eigenvalue weighted by molar-refractivity contribution is 0.477. The highest BCUT2D eigenvalue weighted by molar-refractivity contribution is 5.91. The third kappa shape index (κ3) is 4.24. The summed E-state index contributed by atoms with van der Waals surface area (Å²) in [6.45, 7) is 0. The molecule has 5 rings (SSSR count). The minimum absolute atomic E-state index is 0.0471. The molecule has 0 radical (unpaired) electrons. The van der Waals surface area contributed by atoms with Gasteiger partial charge in [-0.15, -0.1) is 5.11 Å². The SMILES string of the molecule is N#Cc1c(-c2cn(-c3ccccc3)nc2-c2ccccc2)cc(O)c(N=Nc2ccccc2)c1N. The second-order valence-corrected chi connectivity index (χ2v) is 7.77. The third-order valence-electron chi connectivity index (χ3n) is 5.52. The van der Waals surface area contributed by atoms with Crippen molar-refractivity contribution in [2.75, 3.05) is 5.73 Å². The van der Waals surface area contributed by atoms with E-state index in [4.69, 9.17) is 10.8 Å². The Morgan fingerprint density at radius 2 is 1.46 bits per heavy atom. The molecule has 0 saturated carbocycles. The Balaban J connectivity index is 1.69. The van der Waals surface area contributed by atoms with Crippen LogP contribution in [-0.2, 0) is 0 Å². The van der Waals surface area contributed by atoms with Crippen LogP contribution in [0.4, 0.5) is 17.1 Å². The van der Waals surface area contributed by atoms with Crippen LogP contribution in [0.25, 0.3) is 28.1 Å². The van der Waals surface area contributed by atoms with E-state index in [2.05, 4.69) is 16.3 Å². The number of phenolic OH excluding ortho intramolecular Hbond substituents is 1. The van der Waals surface area contributed by atoms with E-state index in [1.165, 1.54) is 6.07 Å². The third-order valence-corrected chi connectivity index (χ3v) is 5.52. The molecule has 0 spiro atoms. The van der Waals surface area contributed by atoms with Crippen molar-refractivity contribution in [1.29, 1.82) is 5.26 Å². The number of phenols is 1. The molecule has 35 heavy (non-hydrogen) atoms. The molecule has 0 atom stereocenters. The standard InChI is InChI=1S/C28H20N6O/c29-17-23-22(16-25(35)28(26(23)30)32-31-20-12-6-2-7-13-20)24-18-34(21-14-8-3-9-15-21)33-27(24)19-10-4-1-5-11-19/h1-16,18,35H,30H2. The molecular formula is C28H20N6O. The minimum atomic E-state index is -0.178. The molecule has 0 bridgehead atoms. The summed E-state index contributed by atoms with van der Waals surface area (Å²) in [7, 11) is 0. The van der Waals surface area contributed by atoms with E-state index >= 15 is 0 Å². The quantitative estimate of drug-likeness (QED) is 0.224. The van der Waals surface area contributed by atoms with E-state index in [1.807, 2.05) is 85.1 Å². The van der Waals surface area contributed by atoms with E-state index < -0.39 is 0 Å². The zero-order chi connectivity index (χ0) is 24.2. The van der Waals surface area contributed by atoms with Crippen molar-refractivity contribution in [3.63, 3.8) is 0 Å². The summed E-state index contributed by atoms with van der Waals surface area (Å²) in [5.41, 5.74) is 10.7. The Labute approximate surface area is 202 Å². The molecule has 0 amide bonds. The monoisotopic (exact) mass is 456 g/mol. The highest BCUT2D eigenvalue weighted by Gasteiger charge is 2.22. The van der Waals surface area contributed by atoms with E-state index in [0.717, 1.165) is 11.3 Å². The van der Waals surface area contributed by atoms with E-state index in [1.54, 1.807) is 16.8 Å². The largest absolute Gasteiger partial charge is 0.506 e. The maximum atomic E-state index is 10.8. The summed E-state index contributed by atoms with van der Waals surface area (Å²) >= 11 is 0. The number of nitrogens with two attached hydrogens (primary N) is 1. The summed E-state index contributed by atoms with van der Waals surface area (Å²) in [4.78, 5) is 0. The van der Waals surface area contributed by atoms with Crippen LogP contribution in [-0.4, -0.2) is 14.9 Å². The highest BCUT2D eigenvalue weighted by Crippen LogP contribution is 2.44.